The summed E-state index contributed by atoms with van der Waals surface area (Å²) in [6.45, 7) is 2.67. The summed E-state index contributed by atoms with van der Waals surface area (Å²) in [7, 11) is 1.44. The molecular formula is C8H16N2O2. The Balaban J connectivity index is 3.38. The fraction of sp³-hybridized carbons (Fsp3) is 0.750. The van der Waals surface area contributed by atoms with E-state index in [1.807, 2.05) is 0 Å². The molecule has 0 aliphatic heterocycles. The molecule has 0 radical (unpaired) electrons. The van der Waals surface area contributed by atoms with E-state index in [0.717, 1.165) is 19.3 Å². The van der Waals surface area contributed by atoms with E-state index in [4.69, 9.17) is 0 Å². The molecular weight excluding hydrogens is 156 g/mol. The van der Waals surface area contributed by atoms with Crippen molar-refractivity contribution >= 4 is 11.8 Å². The van der Waals surface area contributed by atoms with Crippen LogP contribution in [-0.2, 0) is 9.59 Å². The van der Waals surface area contributed by atoms with Gasteiger partial charge in [0.2, 0.25) is 0 Å². The molecule has 0 rings (SSSR count). The fourth-order valence-corrected chi connectivity index (χ4v) is 0.771. The lowest BCUT2D eigenvalue weighted by molar-refractivity contribution is -0.138. The van der Waals surface area contributed by atoms with Crippen molar-refractivity contribution in [3.8, 4) is 0 Å². The highest BCUT2D eigenvalue weighted by Crippen LogP contribution is 1.90. The Morgan fingerprint density at radius 3 is 2.33 bits per heavy atom. The first-order valence-corrected chi connectivity index (χ1v) is 4.22. The number of amides is 2. The predicted molar refractivity (Wildman–Crippen MR) is 46.6 cm³/mol. The molecule has 12 heavy (non-hydrogen) atoms. The highest BCUT2D eigenvalue weighted by atomic mass is 16.2. The van der Waals surface area contributed by atoms with Gasteiger partial charge in [0, 0.05) is 13.6 Å². The van der Waals surface area contributed by atoms with Gasteiger partial charge in [-0.1, -0.05) is 19.8 Å². The molecule has 2 amide bonds. The molecule has 4 nitrogen and oxygen atoms in total. The van der Waals surface area contributed by atoms with E-state index >= 15 is 0 Å². The summed E-state index contributed by atoms with van der Waals surface area (Å²) >= 11 is 0. The van der Waals surface area contributed by atoms with Crippen molar-refractivity contribution in [1.29, 1.82) is 0 Å². The number of nitrogens with one attached hydrogen (secondary N) is 2. The minimum Gasteiger partial charge on any atom is -0.351 e. The molecule has 0 saturated carbocycles. The zero-order valence-corrected chi connectivity index (χ0v) is 7.64. The molecule has 0 spiro atoms. The van der Waals surface area contributed by atoms with E-state index in [1.54, 1.807) is 0 Å². The van der Waals surface area contributed by atoms with E-state index in [-0.39, 0.29) is 0 Å². The maximum absolute atomic E-state index is 10.8. The summed E-state index contributed by atoms with van der Waals surface area (Å²) in [6.07, 6.45) is 3.11. The second-order valence-electron chi connectivity index (χ2n) is 2.54. The molecule has 2 N–H and O–H groups in total. The molecule has 0 atom stereocenters. The number of hydrogen-bond acceptors (Lipinski definition) is 2. The molecule has 0 fully saturated rings. The number of likely N-dealkylation sites (N-methyl/N-ethyl adjacent to an activating group) is 1. The van der Waals surface area contributed by atoms with Crippen molar-refractivity contribution in [3.63, 3.8) is 0 Å². The van der Waals surface area contributed by atoms with Crippen LogP contribution in [0.1, 0.15) is 26.2 Å². The Morgan fingerprint density at radius 2 is 1.83 bits per heavy atom. The molecule has 4 heteroatoms. The SMILES string of the molecule is CCCCCNC(=O)C(=O)NC. The lowest BCUT2D eigenvalue weighted by Gasteiger charge is -2.02. The van der Waals surface area contributed by atoms with Gasteiger partial charge in [0.25, 0.3) is 0 Å². The van der Waals surface area contributed by atoms with Gasteiger partial charge in [-0.3, -0.25) is 9.59 Å². The Labute approximate surface area is 72.7 Å². The van der Waals surface area contributed by atoms with Gasteiger partial charge < -0.3 is 10.6 Å². The largest absolute Gasteiger partial charge is 0.351 e. The van der Waals surface area contributed by atoms with Gasteiger partial charge in [-0.15, -0.1) is 0 Å². The molecule has 70 valence electrons. The summed E-state index contributed by atoms with van der Waals surface area (Å²) in [5, 5.41) is 4.77. The minimum atomic E-state index is -0.577. The van der Waals surface area contributed by atoms with Crippen LogP contribution in [0.5, 0.6) is 0 Å². The van der Waals surface area contributed by atoms with Crippen molar-refractivity contribution in [3.05, 3.63) is 0 Å². The van der Waals surface area contributed by atoms with E-state index in [2.05, 4.69) is 17.6 Å². The van der Waals surface area contributed by atoms with Crippen LogP contribution in [-0.4, -0.2) is 25.4 Å². The third-order valence-corrected chi connectivity index (χ3v) is 1.50. The van der Waals surface area contributed by atoms with Crippen LogP contribution in [0.2, 0.25) is 0 Å². The summed E-state index contributed by atoms with van der Waals surface area (Å²) in [5.74, 6) is -1.12. The highest BCUT2D eigenvalue weighted by molar-refractivity contribution is 6.34. The molecule has 0 aromatic carbocycles. The average Bonchev–Trinajstić information content (AvgIpc) is 2.10. The first-order chi connectivity index (χ1) is 5.72. The zero-order chi connectivity index (χ0) is 9.40. The number of carbonyl (C=O) groups is 2. The van der Waals surface area contributed by atoms with Crippen LogP contribution in [0.3, 0.4) is 0 Å². The zero-order valence-electron chi connectivity index (χ0n) is 7.64. The number of rotatable bonds is 4. The molecule has 0 aliphatic rings. The average molecular weight is 172 g/mol. The van der Waals surface area contributed by atoms with Crippen LogP contribution >= 0.6 is 0 Å². The third kappa shape index (κ3) is 4.71. The minimum absolute atomic E-state index is 0.548. The van der Waals surface area contributed by atoms with Gasteiger partial charge in [-0.25, -0.2) is 0 Å². The monoisotopic (exact) mass is 172 g/mol. The van der Waals surface area contributed by atoms with Crippen molar-refractivity contribution in [2.75, 3.05) is 13.6 Å². The van der Waals surface area contributed by atoms with Crippen LogP contribution in [0.15, 0.2) is 0 Å². The van der Waals surface area contributed by atoms with Crippen molar-refractivity contribution in [2.24, 2.45) is 0 Å². The summed E-state index contributed by atoms with van der Waals surface area (Å²) < 4.78 is 0. The third-order valence-electron chi connectivity index (χ3n) is 1.50. The first-order valence-electron chi connectivity index (χ1n) is 4.22. The Morgan fingerprint density at radius 1 is 1.17 bits per heavy atom. The standard InChI is InChI=1S/C8H16N2O2/c1-3-4-5-6-10-8(12)7(11)9-2/h3-6H2,1-2H3,(H,9,11)(H,10,12). The van der Waals surface area contributed by atoms with E-state index in [1.165, 1.54) is 7.05 Å². The number of unbranched alkanes of at least 4 members (excludes halogenated alkanes) is 2. The van der Waals surface area contributed by atoms with Gasteiger partial charge in [0.15, 0.2) is 0 Å². The molecule has 0 saturated heterocycles. The topological polar surface area (TPSA) is 58.2 Å². The van der Waals surface area contributed by atoms with Gasteiger partial charge in [0.1, 0.15) is 0 Å². The number of carbonyl (C=O) groups excluding carboxylic acids is 2. The van der Waals surface area contributed by atoms with Crippen LogP contribution < -0.4 is 10.6 Å². The molecule has 0 bridgehead atoms. The smallest absolute Gasteiger partial charge is 0.309 e. The van der Waals surface area contributed by atoms with E-state index < -0.39 is 11.8 Å². The van der Waals surface area contributed by atoms with Gasteiger partial charge in [-0.2, -0.15) is 0 Å². The fourth-order valence-electron chi connectivity index (χ4n) is 0.771. The van der Waals surface area contributed by atoms with E-state index in [9.17, 15) is 9.59 Å². The van der Waals surface area contributed by atoms with E-state index in [0.29, 0.717) is 6.54 Å². The van der Waals surface area contributed by atoms with Gasteiger partial charge in [-0.05, 0) is 6.42 Å². The quantitative estimate of drug-likeness (QED) is 0.464. The highest BCUT2D eigenvalue weighted by Gasteiger charge is 2.08. The van der Waals surface area contributed by atoms with Crippen molar-refractivity contribution < 1.29 is 9.59 Å². The van der Waals surface area contributed by atoms with Crippen LogP contribution in [0.25, 0.3) is 0 Å². The van der Waals surface area contributed by atoms with Crippen LogP contribution in [0, 0.1) is 0 Å². The molecule has 0 aromatic heterocycles. The summed E-state index contributed by atoms with van der Waals surface area (Å²) in [5.41, 5.74) is 0. The maximum Gasteiger partial charge on any atom is 0.309 e. The first kappa shape index (κ1) is 10.9. The predicted octanol–water partition coefficient (Wildman–Crippen LogP) is 0.0388. The Bertz CT molecular complexity index is 157. The Kier molecular flexibility index (Phi) is 6.05. The van der Waals surface area contributed by atoms with Gasteiger partial charge in [0.05, 0.1) is 0 Å². The maximum atomic E-state index is 10.8. The van der Waals surface area contributed by atoms with Gasteiger partial charge >= 0.3 is 11.8 Å². The molecule has 0 heterocycles. The van der Waals surface area contributed by atoms with Crippen molar-refractivity contribution in [2.45, 2.75) is 26.2 Å². The molecule has 0 aromatic rings. The lowest BCUT2D eigenvalue weighted by Crippen LogP contribution is -2.38. The molecule has 0 aliphatic carbocycles. The van der Waals surface area contributed by atoms with Crippen molar-refractivity contribution in [1.82, 2.24) is 10.6 Å². The Hall–Kier alpha value is -1.06. The second-order valence-corrected chi connectivity index (χ2v) is 2.54. The summed E-state index contributed by atoms with van der Waals surface area (Å²) in [6, 6.07) is 0. The van der Waals surface area contributed by atoms with Crippen LogP contribution in [0.4, 0.5) is 0 Å². The number of hydrogen-bond donors (Lipinski definition) is 2. The normalized spacial score (nSPS) is 9.17. The second kappa shape index (κ2) is 6.64. The summed E-state index contributed by atoms with van der Waals surface area (Å²) in [4.78, 5) is 21.5. The lowest BCUT2D eigenvalue weighted by atomic mass is 10.2. The molecule has 0 unspecified atom stereocenters.